The number of carboxylic acids is 1. The lowest BCUT2D eigenvalue weighted by molar-refractivity contribution is -0.141. The number of para-hydroxylation sites is 1. The number of likely N-dealkylation sites (N-methyl/N-ethyl adjacent to an activating group) is 1. The molecule has 1 fully saturated rings. The van der Waals surface area contributed by atoms with Gasteiger partial charge in [-0.15, -0.1) is 0 Å². The van der Waals surface area contributed by atoms with Gasteiger partial charge >= 0.3 is 5.97 Å². The second-order valence-corrected chi connectivity index (χ2v) is 6.06. The summed E-state index contributed by atoms with van der Waals surface area (Å²) in [5.41, 5.74) is 1.07. The molecule has 1 N–H and O–H groups in total. The zero-order valence-electron chi connectivity index (χ0n) is 11.2. The molecule has 1 aromatic carbocycles. The summed E-state index contributed by atoms with van der Waals surface area (Å²) in [6, 6.07) is 8.26. The van der Waals surface area contributed by atoms with Crippen molar-refractivity contribution in [1.29, 1.82) is 0 Å². The Bertz CT molecular complexity index is 467. The van der Waals surface area contributed by atoms with Crippen molar-refractivity contribution in [3.05, 3.63) is 28.7 Å². The Balaban J connectivity index is 2.31. The first-order valence-electron chi connectivity index (χ1n) is 6.41. The lowest BCUT2D eigenvalue weighted by Crippen LogP contribution is -2.39. The van der Waals surface area contributed by atoms with Crippen molar-refractivity contribution < 1.29 is 9.90 Å². The average molecular weight is 327 g/mol. The molecular formula is C14H19BrN2O2. The molecule has 2 rings (SSSR count). The number of aliphatic carboxylic acids is 1. The van der Waals surface area contributed by atoms with Crippen LogP contribution in [0.15, 0.2) is 28.7 Å². The molecule has 1 saturated heterocycles. The van der Waals surface area contributed by atoms with Gasteiger partial charge in [-0.05, 0) is 42.0 Å². The summed E-state index contributed by atoms with van der Waals surface area (Å²) in [5.74, 6) is -1.08. The van der Waals surface area contributed by atoms with E-state index in [2.05, 4.69) is 32.7 Å². The molecule has 1 heterocycles. The van der Waals surface area contributed by atoms with Gasteiger partial charge in [0.2, 0.25) is 0 Å². The Morgan fingerprint density at radius 3 is 2.63 bits per heavy atom. The van der Waals surface area contributed by atoms with Crippen molar-refractivity contribution >= 4 is 27.6 Å². The number of nitrogens with zero attached hydrogens (tertiary/aromatic N) is 2. The average Bonchev–Trinajstić information content (AvgIpc) is 2.48. The number of benzene rings is 1. The molecule has 19 heavy (non-hydrogen) atoms. The summed E-state index contributed by atoms with van der Waals surface area (Å²) in [5, 5.41) is 9.34. The summed E-state index contributed by atoms with van der Waals surface area (Å²) in [7, 11) is 1.98. The first-order chi connectivity index (χ1) is 8.99. The highest BCUT2D eigenvalue weighted by Crippen LogP contribution is 2.29. The second-order valence-electron chi connectivity index (χ2n) is 5.21. The van der Waals surface area contributed by atoms with E-state index in [0.29, 0.717) is 13.1 Å². The molecule has 5 heteroatoms. The van der Waals surface area contributed by atoms with Gasteiger partial charge < -0.3 is 14.9 Å². The highest BCUT2D eigenvalue weighted by atomic mass is 79.9. The molecule has 0 bridgehead atoms. The fourth-order valence-corrected chi connectivity index (χ4v) is 3.16. The first-order valence-corrected chi connectivity index (χ1v) is 7.21. The molecule has 1 aliphatic rings. The van der Waals surface area contributed by atoms with E-state index < -0.39 is 5.97 Å². The molecule has 2 unspecified atom stereocenters. The molecule has 4 nitrogen and oxygen atoms in total. The maximum absolute atomic E-state index is 11.4. The third kappa shape index (κ3) is 3.28. The van der Waals surface area contributed by atoms with Crippen molar-refractivity contribution in [2.75, 3.05) is 31.6 Å². The van der Waals surface area contributed by atoms with Crippen LogP contribution in [0.1, 0.15) is 6.92 Å². The van der Waals surface area contributed by atoms with Crippen LogP contribution in [0, 0.1) is 5.92 Å². The highest BCUT2D eigenvalue weighted by molar-refractivity contribution is 9.10. The third-order valence-corrected chi connectivity index (χ3v) is 4.24. The van der Waals surface area contributed by atoms with Gasteiger partial charge in [0.15, 0.2) is 0 Å². The molecule has 0 saturated carbocycles. The van der Waals surface area contributed by atoms with Gasteiger partial charge in [-0.25, -0.2) is 0 Å². The van der Waals surface area contributed by atoms with Crippen molar-refractivity contribution in [2.24, 2.45) is 5.92 Å². The van der Waals surface area contributed by atoms with E-state index in [1.807, 2.05) is 31.3 Å². The van der Waals surface area contributed by atoms with Crippen molar-refractivity contribution in [3.8, 4) is 0 Å². The van der Waals surface area contributed by atoms with Gasteiger partial charge in [0.25, 0.3) is 0 Å². The lowest BCUT2D eigenvalue weighted by Gasteiger charge is -2.31. The maximum Gasteiger partial charge on any atom is 0.309 e. The predicted octanol–water partition coefficient (Wildman–Crippen LogP) is 2.29. The van der Waals surface area contributed by atoms with E-state index in [0.717, 1.165) is 16.7 Å². The van der Waals surface area contributed by atoms with Crippen molar-refractivity contribution in [3.63, 3.8) is 0 Å². The van der Waals surface area contributed by atoms with Crippen molar-refractivity contribution in [2.45, 2.75) is 13.0 Å². The number of carbonyl (C=O) groups is 1. The Labute approximate surface area is 122 Å². The van der Waals surface area contributed by atoms with Crippen LogP contribution in [0.25, 0.3) is 0 Å². The van der Waals surface area contributed by atoms with E-state index in [-0.39, 0.29) is 12.0 Å². The van der Waals surface area contributed by atoms with Crippen LogP contribution < -0.4 is 4.90 Å². The Hall–Kier alpha value is -1.07. The number of carboxylic acid groups (broad SMARTS) is 1. The molecule has 0 amide bonds. The fourth-order valence-electron chi connectivity index (χ4n) is 2.65. The number of hydrogen-bond acceptors (Lipinski definition) is 3. The van der Waals surface area contributed by atoms with Crippen molar-refractivity contribution in [1.82, 2.24) is 4.90 Å². The predicted molar refractivity (Wildman–Crippen MR) is 79.6 cm³/mol. The van der Waals surface area contributed by atoms with E-state index >= 15 is 0 Å². The smallest absolute Gasteiger partial charge is 0.309 e. The highest BCUT2D eigenvalue weighted by Gasteiger charge is 2.30. The van der Waals surface area contributed by atoms with Crippen LogP contribution in [0.5, 0.6) is 0 Å². The quantitative estimate of drug-likeness (QED) is 0.905. The standard InChI is InChI=1S/C14H19BrN2O2/c1-10-7-16(2)8-11(14(18)19)9-17(10)13-6-4-3-5-12(13)15/h3-6,10-11H,7-9H2,1-2H3,(H,18,19). The Kier molecular flexibility index (Phi) is 4.47. The molecule has 0 radical (unpaired) electrons. The molecule has 1 aromatic rings. The van der Waals surface area contributed by atoms with E-state index in [1.165, 1.54) is 0 Å². The number of anilines is 1. The zero-order valence-corrected chi connectivity index (χ0v) is 12.8. The van der Waals surface area contributed by atoms with Gasteiger partial charge in [0, 0.05) is 30.1 Å². The molecule has 104 valence electrons. The second kappa shape index (κ2) is 5.92. The topological polar surface area (TPSA) is 43.8 Å². The van der Waals surface area contributed by atoms with E-state index in [1.54, 1.807) is 0 Å². The van der Waals surface area contributed by atoms with Gasteiger partial charge in [-0.3, -0.25) is 4.79 Å². The maximum atomic E-state index is 11.4. The monoisotopic (exact) mass is 326 g/mol. The summed E-state index contributed by atoms with van der Waals surface area (Å²) >= 11 is 3.55. The van der Waals surface area contributed by atoms with Crippen LogP contribution in [-0.4, -0.2) is 48.7 Å². The summed E-state index contributed by atoms with van der Waals surface area (Å²) in [6.07, 6.45) is 0. The largest absolute Gasteiger partial charge is 0.481 e. The SMILES string of the molecule is CC1CN(C)CC(C(=O)O)CN1c1ccccc1Br. The fraction of sp³-hybridized carbons (Fsp3) is 0.500. The van der Waals surface area contributed by atoms with Gasteiger partial charge in [-0.2, -0.15) is 0 Å². The van der Waals surface area contributed by atoms with Crippen LogP contribution in [-0.2, 0) is 4.79 Å². The molecule has 0 aliphatic carbocycles. The first kappa shape index (κ1) is 14.3. The zero-order chi connectivity index (χ0) is 14.0. The van der Waals surface area contributed by atoms with Gasteiger partial charge in [0.1, 0.15) is 0 Å². The molecule has 2 atom stereocenters. The Morgan fingerprint density at radius 1 is 1.32 bits per heavy atom. The lowest BCUT2D eigenvalue weighted by atomic mass is 10.1. The summed E-state index contributed by atoms with van der Waals surface area (Å²) in [6.45, 7) is 4.15. The minimum Gasteiger partial charge on any atom is -0.481 e. The Morgan fingerprint density at radius 2 is 2.00 bits per heavy atom. The summed E-state index contributed by atoms with van der Waals surface area (Å²) < 4.78 is 1.01. The van der Waals surface area contributed by atoms with Crippen LogP contribution >= 0.6 is 15.9 Å². The molecule has 1 aliphatic heterocycles. The van der Waals surface area contributed by atoms with Gasteiger partial charge in [-0.1, -0.05) is 12.1 Å². The third-order valence-electron chi connectivity index (χ3n) is 3.57. The van der Waals surface area contributed by atoms with Crippen LogP contribution in [0.3, 0.4) is 0 Å². The minimum atomic E-state index is -0.724. The van der Waals surface area contributed by atoms with E-state index in [4.69, 9.17) is 0 Å². The minimum absolute atomic E-state index is 0.285. The van der Waals surface area contributed by atoms with Gasteiger partial charge in [0.05, 0.1) is 11.6 Å². The van der Waals surface area contributed by atoms with Crippen LogP contribution in [0.2, 0.25) is 0 Å². The number of hydrogen-bond donors (Lipinski definition) is 1. The molecular weight excluding hydrogens is 308 g/mol. The van der Waals surface area contributed by atoms with E-state index in [9.17, 15) is 9.90 Å². The molecule has 0 aromatic heterocycles. The summed E-state index contributed by atoms with van der Waals surface area (Å²) in [4.78, 5) is 15.6. The molecule has 0 spiro atoms. The van der Waals surface area contributed by atoms with Crippen LogP contribution in [0.4, 0.5) is 5.69 Å². The number of rotatable bonds is 2. The number of halogens is 1. The normalized spacial score (nSPS) is 25.1.